The first kappa shape index (κ1) is 47.7. The van der Waals surface area contributed by atoms with Gasteiger partial charge in [0.05, 0.1) is 19.3 Å². The van der Waals surface area contributed by atoms with Gasteiger partial charge < -0.3 is 53.1 Å². The molecule has 0 aromatic heterocycles. The summed E-state index contributed by atoms with van der Waals surface area (Å²) in [6.45, 7) is 9.29. The Balaban J connectivity index is 1.53. The molecule has 0 radical (unpaired) electrons. The van der Waals surface area contributed by atoms with E-state index in [0.717, 1.165) is 15.9 Å². The SMILES string of the molecule is CC(=O)O[C@H]1[C@H](OCc2ccccc2)[C@H](O[C@H]2[C@H](O)[C@@H](CO[Si](c3ccccc3)(c3ccccc3)C(C)(C)C)O[C@H](O)[C@@H]2NC(=O)OCC(Cl)(Cl)Cl)O[C@@H](C)[C@H]1OC(C)=O. The molecule has 0 unspecified atom stereocenters. The molecule has 5 rings (SSSR count). The summed E-state index contributed by atoms with van der Waals surface area (Å²) < 4.78 is 46.7. The zero-order valence-electron chi connectivity index (χ0n) is 34.1. The molecular weight excluding hydrogens is 861 g/mol. The number of halogens is 3. The van der Waals surface area contributed by atoms with E-state index in [4.69, 9.17) is 72.4 Å². The number of ether oxygens (including phenoxy) is 7. The van der Waals surface area contributed by atoms with E-state index in [-0.39, 0.29) is 13.2 Å². The molecule has 2 aliphatic heterocycles. The summed E-state index contributed by atoms with van der Waals surface area (Å²) in [5.41, 5.74) is 0.735. The lowest BCUT2D eigenvalue weighted by molar-refractivity contribution is -0.344. The topological polar surface area (TPSA) is 178 Å². The van der Waals surface area contributed by atoms with Crippen LogP contribution in [0.5, 0.6) is 0 Å². The second-order valence-electron chi connectivity index (χ2n) is 15.6. The average molecular weight is 913 g/mol. The van der Waals surface area contributed by atoms with Gasteiger partial charge in [-0.25, -0.2) is 4.79 Å². The number of aliphatic hydroxyl groups is 2. The number of alkyl halides is 3. The molecule has 328 valence electrons. The van der Waals surface area contributed by atoms with Crippen LogP contribution in [0, 0.1) is 0 Å². The third kappa shape index (κ3) is 12.0. The van der Waals surface area contributed by atoms with Crippen molar-refractivity contribution in [2.45, 2.75) is 118 Å². The summed E-state index contributed by atoms with van der Waals surface area (Å²) in [7, 11) is -3.21. The van der Waals surface area contributed by atoms with Crippen molar-refractivity contribution in [2.24, 2.45) is 0 Å². The minimum Gasteiger partial charge on any atom is -0.456 e. The maximum atomic E-state index is 13.1. The predicted octanol–water partition coefficient (Wildman–Crippen LogP) is 4.68. The van der Waals surface area contributed by atoms with Crippen molar-refractivity contribution in [3.8, 4) is 0 Å². The third-order valence-electron chi connectivity index (χ3n) is 10.1. The van der Waals surface area contributed by atoms with Gasteiger partial charge in [0.15, 0.2) is 24.8 Å². The van der Waals surface area contributed by atoms with Crippen LogP contribution in [0.4, 0.5) is 4.79 Å². The van der Waals surface area contributed by atoms with Crippen LogP contribution in [0.3, 0.4) is 0 Å². The summed E-state index contributed by atoms with van der Waals surface area (Å²) in [5.74, 6) is -1.38. The highest BCUT2D eigenvalue weighted by molar-refractivity contribution is 6.99. The van der Waals surface area contributed by atoms with Gasteiger partial charge in [0.1, 0.15) is 37.1 Å². The van der Waals surface area contributed by atoms with E-state index in [1.165, 1.54) is 13.8 Å². The molecule has 2 heterocycles. The molecule has 14 nitrogen and oxygen atoms in total. The Morgan fingerprint density at radius 1 is 0.767 bits per heavy atom. The summed E-state index contributed by atoms with van der Waals surface area (Å²) in [5, 5.41) is 27.8. The molecule has 3 N–H and O–H groups in total. The molecule has 18 heteroatoms. The molecule has 0 bridgehead atoms. The molecule has 2 saturated heterocycles. The van der Waals surface area contributed by atoms with E-state index < -0.39 is 103 Å². The van der Waals surface area contributed by atoms with Gasteiger partial charge in [-0.1, -0.05) is 147 Å². The van der Waals surface area contributed by atoms with E-state index in [2.05, 4.69) is 26.1 Å². The lowest BCUT2D eigenvalue weighted by Crippen LogP contribution is -2.70. The Morgan fingerprint density at radius 2 is 1.30 bits per heavy atom. The number of benzene rings is 3. The number of aliphatic hydroxyl groups excluding tert-OH is 2. The van der Waals surface area contributed by atoms with E-state index >= 15 is 0 Å². The zero-order chi connectivity index (χ0) is 43.8. The number of amides is 1. The van der Waals surface area contributed by atoms with Gasteiger partial charge in [-0.05, 0) is 27.9 Å². The van der Waals surface area contributed by atoms with Crippen molar-refractivity contribution in [3.05, 3.63) is 96.6 Å². The maximum Gasteiger partial charge on any atom is 0.407 e. The van der Waals surface area contributed by atoms with Gasteiger partial charge in [-0.3, -0.25) is 9.59 Å². The van der Waals surface area contributed by atoms with Crippen LogP contribution in [0.25, 0.3) is 0 Å². The summed E-state index contributed by atoms with van der Waals surface area (Å²) in [6.07, 6.45) is -13.6. The molecule has 2 aliphatic rings. The fourth-order valence-corrected chi connectivity index (χ4v) is 12.3. The van der Waals surface area contributed by atoms with Gasteiger partial charge in [-0.15, -0.1) is 0 Å². The van der Waals surface area contributed by atoms with E-state index in [0.29, 0.717) is 0 Å². The van der Waals surface area contributed by atoms with Crippen molar-refractivity contribution in [1.82, 2.24) is 5.32 Å². The molecule has 1 amide bonds. The van der Waals surface area contributed by atoms with Gasteiger partial charge in [-0.2, -0.15) is 0 Å². The number of esters is 2. The Hall–Kier alpha value is -3.32. The number of carbonyl (C=O) groups is 3. The molecule has 2 fully saturated rings. The molecule has 60 heavy (non-hydrogen) atoms. The van der Waals surface area contributed by atoms with Crippen molar-refractivity contribution in [2.75, 3.05) is 13.2 Å². The maximum absolute atomic E-state index is 13.1. The van der Waals surface area contributed by atoms with Crippen LogP contribution in [0.1, 0.15) is 47.1 Å². The summed E-state index contributed by atoms with van der Waals surface area (Å²) >= 11 is 17.4. The molecule has 0 aliphatic carbocycles. The van der Waals surface area contributed by atoms with Gasteiger partial charge in [0.25, 0.3) is 8.32 Å². The highest BCUT2D eigenvalue weighted by Crippen LogP contribution is 2.38. The van der Waals surface area contributed by atoms with Gasteiger partial charge in [0, 0.05) is 13.8 Å². The van der Waals surface area contributed by atoms with Crippen LogP contribution >= 0.6 is 34.8 Å². The summed E-state index contributed by atoms with van der Waals surface area (Å²) in [6, 6.07) is 27.1. The van der Waals surface area contributed by atoms with Crippen LogP contribution < -0.4 is 15.7 Å². The first-order valence-corrected chi connectivity index (χ1v) is 22.4. The van der Waals surface area contributed by atoms with Crippen LogP contribution in [0.2, 0.25) is 5.04 Å². The van der Waals surface area contributed by atoms with Gasteiger partial charge in [0.2, 0.25) is 3.79 Å². The molecule has 3 aromatic carbocycles. The largest absolute Gasteiger partial charge is 0.456 e. The predicted molar refractivity (Wildman–Crippen MR) is 224 cm³/mol. The van der Waals surface area contributed by atoms with Crippen molar-refractivity contribution < 1.29 is 62.2 Å². The van der Waals surface area contributed by atoms with Crippen LogP contribution in [-0.4, -0.2) is 115 Å². The van der Waals surface area contributed by atoms with Crippen molar-refractivity contribution >= 4 is 71.5 Å². The molecule has 3 aromatic rings. The third-order valence-corrected chi connectivity index (χ3v) is 15.5. The Bertz CT molecular complexity index is 1810. The molecule has 0 saturated carbocycles. The minimum absolute atomic E-state index is 0.0351. The number of hydrogen-bond acceptors (Lipinski definition) is 13. The first-order valence-electron chi connectivity index (χ1n) is 19.4. The lowest BCUT2D eigenvalue weighted by atomic mass is 9.95. The lowest BCUT2D eigenvalue weighted by Gasteiger charge is -2.49. The zero-order valence-corrected chi connectivity index (χ0v) is 37.3. The van der Waals surface area contributed by atoms with Gasteiger partial charge >= 0.3 is 18.0 Å². The summed E-state index contributed by atoms with van der Waals surface area (Å²) in [4.78, 5) is 37.9. The minimum atomic E-state index is -3.21. The smallest absolute Gasteiger partial charge is 0.407 e. The standard InChI is InChI=1S/C42H52Cl3NO13Si/c1-25-34(56-26(2)47)36(57-27(3)48)37(52-22-28-16-10-7-11-17-28)39(55-25)59-35-32(46-40(51)53-24-42(43,44)45)38(50)58-31(33(35)49)23-54-60(41(4,5)6,29-18-12-8-13-19-29)30-20-14-9-15-21-30/h7-21,25,31-39,49-50H,22-24H2,1-6H3,(H,46,51)/t25-,31+,32+,33+,34+,35+,36+,37-,38-,39-/m0/s1. The van der Waals surface area contributed by atoms with Crippen LogP contribution in [0.15, 0.2) is 91.0 Å². The van der Waals surface area contributed by atoms with Crippen molar-refractivity contribution in [3.63, 3.8) is 0 Å². The molecule has 0 spiro atoms. The normalized spacial score (nSPS) is 27.4. The van der Waals surface area contributed by atoms with E-state index in [1.807, 2.05) is 91.0 Å². The molecular formula is C42H52Cl3NO13Si. The highest BCUT2D eigenvalue weighted by atomic mass is 35.6. The Morgan fingerprint density at radius 3 is 1.82 bits per heavy atom. The Kier molecular flexibility index (Phi) is 16.5. The Labute approximate surface area is 365 Å². The number of rotatable bonds is 14. The van der Waals surface area contributed by atoms with E-state index in [9.17, 15) is 24.6 Å². The quantitative estimate of drug-likeness (QED) is 0.0881. The average Bonchev–Trinajstić information content (AvgIpc) is 3.18. The first-order chi connectivity index (χ1) is 28.3. The number of carbonyl (C=O) groups excluding carboxylic acids is 3. The number of alkyl carbamates (subject to hydrolysis) is 1. The fraction of sp³-hybridized carbons (Fsp3) is 0.500. The fourth-order valence-electron chi connectivity index (χ4n) is 7.54. The molecule has 10 atom stereocenters. The second-order valence-corrected chi connectivity index (χ2v) is 22.4. The highest BCUT2D eigenvalue weighted by Gasteiger charge is 2.56. The monoisotopic (exact) mass is 911 g/mol. The number of nitrogens with one attached hydrogen (secondary N) is 1. The van der Waals surface area contributed by atoms with E-state index in [1.54, 1.807) is 6.92 Å². The van der Waals surface area contributed by atoms with Crippen LogP contribution in [-0.2, 0) is 53.8 Å². The number of hydrogen-bond donors (Lipinski definition) is 3. The van der Waals surface area contributed by atoms with Crippen molar-refractivity contribution in [1.29, 1.82) is 0 Å². The second kappa shape index (κ2) is 20.7.